The van der Waals surface area contributed by atoms with Crippen molar-refractivity contribution in [2.45, 2.75) is 13.1 Å². The van der Waals surface area contributed by atoms with Crippen LogP contribution in [-0.4, -0.2) is 40.7 Å². The Morgan fingerprint density at radius 3 is 2.41 bits per heavy atom. The van der Waals surface area contributed by atoms with Crippen LogP contribution in [-0.2, 0) is 13.1 Å². The molecule has 3 rings (SSSR count). The van der Waals surface area contributed by atoms with E-state index in [1.165, 1.54) is 0 Å². The van der Waals surface area contributed by atoms with Gasteiger partial charge in [0.2, 0.25) is 0 Å². The molecule has 0 saturated heterocycles. The van der Waals surface area contributed by atoms with E-state index in [4.69, 9.17) is 11.6 Å². The fourth-order valence-corrected chi connectivity index (χ4v) is 2.88. The summed E-state index contributed by atoms with van der Waals surface area (Å²) in [7, 11) is 3.31. The number of nitrogens with zero attached hydrogens (tertiary/aromatic N) is 3. The standard InChI is InChI=1S/C21H22ClN5O2/c1-23-20(28)17-5-3-15(4-6-17)13-26(2)21(29)24-11-16-12-25-27(14-16)19-9-7-18(22)8-10-19/h3-10,12,14H,11,13H2,1-2H3,(H,23,28)(H,24,29). The van der Waals surface area contributed by atoms with Crippen molar-refractivity contribution < 1.29 is 9.59 Å². The summed E-state index contributed by atoms with van der Waals surface area (Å²) in [5, 5.41) is 10.4. The first-order valence-corrected chi connectivity index (χ1v) is 9.43. The van der Waals surface area contributed by atoms with Crippen molar-refractivity contribution in [1.82, 2.24) is 25.3 Å². The van der Waals surface area contributed by atoms with Gasteiger partial charge >= 0.3 is 6.03 Å². The van der Waals surface area contributed by atoms with Crippen molar-refractivity contribution in [2.75, 3.05) is 14.1 Å². The molecule has 2 N–H and O–H groups in total. The molecule has 3 amide bonds. The molecule has 0 bridgehead atoms. The van der Waals surface area contributed by atoms with Crippen LogP contribution in [0.1, 0.15) is 21.5 Å². The lowest BCUT2D eigenvalue weighted by Gasteiger charge is -2.18. The summed E-state index contributed by atoms with van der Waals surface area (Å²) in [6.45, 7) is 0.802. The Balaban J connectivity index is 1.52. The molecule has 0 aliphatic rings. The fraction of sp³-hybridized carbons (Fsp3) is 0.190. The number of hydrogen-bond acceptors (Lipinski definition) is 3. The molecule has 0 radical (unpaired) electrons. The predicted octanol–water partition coefficient (Wildman–Crippen LogP) is 3.23. The van der Waals surface area contributed by atoms with Crippen molar-refractivity contribution in [1.29, 1.82) is 0 Å². The molecule has 0 fully saturated rings. The minimum Gasteiger partial charge on any atom is -0.355 e. The minimum absolute atomic E-state index is 0.137. The largest absolute Gasteiger partial charge is 0.355 e. The maximum Gasteiger partial charge on any atom is 0.317 e. The van der Waals surface area contributed by atoms with E-state index >= 15 is 0 Å². The van der Waals surface area contributed by atoms with Crippen LogP contribution in [0, 0.1) is 0 Å². The van der Waals surface area contributed by atoms with Crippen LogP contribution in [0.5, 0.6) is 0 Å². The molecule has 150 valence electrons. The lowest BCUT2D eigenvalue weighted by atomic mass is 10.1. The third-order valence-corrected chi connectivity index (χ3v) is 4.63. The Morgan fingerprint density at radius 2 is 1.76 bits per heavy atom. The van der Waals surface area contributed by atoms with Gasteiger partial charge in [0.1, 0.15) is 0 Å². The summed E-state index contributed by atoms with van der Waals surface area (Å²) in [5.41, 5.74) is 3.30. The van der Waals surface area contributed by atoms with E-state index in [9.17, 15) is 9.59 Å². The molecule has 3 aromatic rings. The summed E-state index contributed by atoms with van der Waals surface area (Å²) in [6, 6.07) is 14.3. The van der Waals surface area contributed by atoms with E-state index in [1.807, 2.05) is 30.5 Å². The average Bonchev–Trinajstić information content (AvgIpc) is 3.21. The van der Waals surface area contributed by atoms with E-state index in [0.717, 1.165) is 16.8 Å². The van der Waals surface area contributed by atoms with Gasteiger partial charge in [-0.25, -0.2) is 9.48 Å². The smallest absolute Gasteiger partial charge is 0.317 e. The number of nitrogens with one attached hydrogen (secondary N) is 2. The quantitative estimate of drug-likeness (QED) is 0.653. The first-order chi connectivity index (χ1) is 14.0. The Bertz CT molecular complexity index is 983. The van der Waals surface area contributed by atoms with Gasteiger partial charge in [0.05, 0.1) is 11.9 Å². The number of carbonyl (C=O) groups is 2. The number of amides is 3. The Kier molecular flexibility index (Phi) is 6.51. The van der Waals surface area contributed by atoms with Crippen molar-refractivity contribution in [3.8, 4) is 5.69 Å². The highest BCUT2D eigenvalue weighted by Gasteiger charge is 2.10. The molecule has 0 atom stereocenters. The summed E-state index contributed by atoms with van der Waals surface area (Å²) < 4.78 is 1.73. The van der Waals surface area contributed by atoms with Crippen LogP contribution in [0.15, 0.2) is 60.9 Å². The first kappa shape index (κ1) is 20.4. The molecule has 0 aliphatic carbocycles. The first-order valence-electron chi connectivity index (χ1n) is 9.06. The van der Waals surface area contributed by atoms with E-state index in [2.05, 4.69) is 15.7 Å². The van der Waals surface area contributed by atoms with Crippen molar-refractivity contribution >= 4 is 23.5 Å². The second-order valence-electron chi connectivity index (χ2n) is 6.56. The highest BCUT2D eigenvalue weighted by molar-refractivity contribution is 6.30. The SMILES string of the molecule is CNC(=O)c1ccc(CN(C)C(=O)NCc2cnn(-c3ccc(Cl)cc3)c2)cc1. The van der Waals surface area contributed by atoms with E-state index in [1.54, 1.807) is 54.1 Å². The summed E-state index contributed by atoms with van der Waals surface area (Å²) in [4.78, 5) is 25.5. The van der Waals surface area contributed by atoms with Gasteiger partial charge in [0, 0.05) is 49.5 Å². The normalized spacial score (nSPS) is 10.4. The van der Waals surface area contributed by atoms with Gasteiger partial charge in [-0.1, -0.05) is 23.7 Å². The maximum atomic E-state index is 12.4. The molecule has 0 spiro atoms. The third-order valence-electron chi connectivity index (χ3n) is 4.38. The third kappa shape index (κ3) is 5.36. The van der Waals surface area contributed by atoms with E-state index < -0.39 is 0 Å². The lowest BCUT2D eigenvalue weighted by molar-refractivity contribution is 0.0963. The van der Waals surface area contributed by atoms with Gasteiger partial charge in [0.15, 0.2) is 0 Å². The zero-order valence-electron chi connectivity index (χ0n) is 16.2. The minimum atomic E-state index is -0.195. The molecular weight excluding hydrogens is 390 g/mol. The molecule has 1 heterocycles. The Hall–Kier alpha value is -3.32. The van der Waals surface area contributed by atoms with Crippen LogP contribution in [0.2, 0.25) is 5.02 Å². The average molecular weight is 412 g/mol. The molecule has 0 unspecified atom stereocenters. The maximum absolute atomic E-state index is 12.4. The molecule has 2 aromatic carbocycles. The van der Waals surface area contributed by atoms with Gasteiger partial charge in [-0.3, -0.25) is 4.79 Å². The highest BCUT2D eigenvalue weighted by Crippen LogP contribution is 2.13. The number of hydrogen-bond donors (Lipinski definition) is 2. The zero-order valence-corrected chi connectivity index (χ0v) is 17.0. The number of carbonyl (C=O) groups excluding carboxylic acids is 2. The van der Waals surface area contributed by atoms with Crippen molar-refractivity contribution in [2.24, 2.45) is 0 Å². The molecule has 7 nitrogen and oxygen atoms in total. The fourth-order valence-electron chi connectivity index (χ4n) is 2.75. The second kappa shape index (κ2) is 9.25. The van der Waals surface area contributed by atoms with Gasteiger partial charge in [-0.15, -0.1) is 0 Å². The number of benzene rings is 2. The van der Waals surface area contributed by atoms with Gasteiger partial charge in [0.25, 0.3) is 5.91 Å². The van der Waals surface area contributed by atoms with E-state index in [0.29, 0.717) is 23.7 Å². The number of halogens is 1. The summed E-state index contributed by atoms with van der Waals surface area (Å²) in [5.74, 6) is -0.137. The Morgan fingerprint density at radius 1 is 1.07 bits per heavy atom. The molecular formula is C21H22ClN5O2. The molecule has 1 aromatic heterocycles. The summed E-state index contributed by atoms with van der Waals surface area (Å²) in [6.07, 6.45) is 3.58. The van der Waals surface area contributed by atoms with Gasteiger partial charge < -0.3 is 15.5 Å². The van der Waals surface area contributed by atoms with Crippen LogP contribution < -0.4 is 10.6 Å². The zero-order chi connectivity index (χ0) is 20.8. The molecule has 29 heavy (non-hydrogen) atoms. The van der Waals surface area contributed by atoms with Crippen molar-refractivity contribution in [3.63, 3.8) is 0 Å². The lowest BCUT2D eigenvalue weighted by Crippen LogP contribution is -2.36. The van der Waals surface area contributed by atoms with Crippen LogP contribution in [0.3, 0.4) is 0 Å². The van der Waals surface area contributed by atoms with Crippen LogP contribution in [0.4, 0.5) is 4.79 Å². The Labute approximate surface area is 174 Å². The topological polar surface area (TPSA) is 79.3 Å². The number of aromatic nitrogens is 2. The van der Waals surface area contributed by atoms with Gasteiger partial charge in [-0.05, 0) is 42.0 Å². The molecule has 0 saturated carbocycles. The molecule has 0 aliphatic heterocycles. The number of urea groups is 1. The second-order valence-corrected chi connectivity index (χ2v) is 7.00. The molecule has 8 heteroatoms. The van der Waals surface area contributed by atoms with E-state index in [-0.39, 0.29) is 11.9 Å². The monoisotopic (exact) mass is 411 g/mol. The predicted molar refractivity (Wildman–Crippen MR) is 112 cm³/mol. The summed E-state index contributed by atoms with van der Waals surface area (Å²) >= 11 is 5.91. The van der Waals surface area contributed by atoms with Gasteiger partial charge in [-0.2, -0.15) is 5.10 Å². The number of rotatable bonds is 6. The van der Waals surface area contributed by atoms with Crippen molar-refractivity contribution in [3.05, 3.63) is 82.6 Å². The van der Waals surface area contributed by atoms with Crippen LogP contribution in [0.25, 0.3) is 5.69 Å². The highest BCUT2D eigenvalue weighted by atomic mass is 35.5. The van der Waals surface area contributed by atoms with Crippen LogP contribution >= 0.6 is 11.6 Å².